The lowest BCUT2D eigenvalue weighted by molar-refractivity contribution is -0.172. The summed E-state index contributed by atoms with van der Waals surface area (Å²) in [5.41, 5.74) is 17.3. The van der Waals surface area contributed by atoms with Gasteiger partial charge in [0.05, 0.1) is 0 Å². The third-order valence-electron chi connectivity index (χ3n) is 18.8. The first kappa shape index (κ1) is 42.9. The molecule has 0 radical (unpaired) electrons. The largest absolute Gasteiger partial charge is 0.377 e. The van der Waals surface area contributed by atoms with Crippen molar-refractivity contribution in [3.05, 3.63) is 235 Å². The molecule has 362 valence electrons. The Hall–Kier alpha value is -7.44. The molecule has 0 saturated carbocycles. The summed E-state index contributed by atoms with van der Waals surface area (Å²) < 4.78 is 15.3. The van der Waals surface area contributed by atoms with Crippen molar-refractivity contribution in [3.8, 4) is 0 Å². The summed E-state index contributed by atoms with van der Waals surface area (Å²) in [5, 5.41) is 39.9. The maximum absolute atomic E-state index is 15.6. The Morgan fingerprint density at radius 1 is 0.440 bits per heavy atom. The van der Waals surface area contributed by atoms with Crippen LogP contribution < -0.4 is 0 Å². The number of allylic oxidation sites excluding steroid dienone is 11. The van der Waals surface area contributed by atoms with Crippen LogP contribution >= 0.6 is 0 Å². The minimum absolute atomic E-state index is 0.226. The van der Waals surface area contributed by atoms with Crippen molar-refractivity contribution in [2.45, 2.75) is 93.9 Å². The molecule has 2 unspecified atom stereocenters. The molecule has 2 N–H and O–H groups in total. The molecule has 4 atom stereocenters. The van der Waals surface area contributed by atoms with Crippen LogP contribution in [0.1, 0.15) is 134 Å². The third kappa shape index (κ3) is 5.60. The number of ether oxygens (including phenoxy) is 2. The van der Waals surface area contributed by atoms with E-state index in [9.17, 15) is 0 Å². The molecule has 1 fully saturated rings. The van der Waals surface area contributed by atoms with Gasteiger partial charge in [-0.25, -0.2) is 0 Å². The Bertz CT molecular complexity index is 3930. The first-order valence-electron chi connectivity index (χ1n) is 27.3. The first-order chi connectivity index (χ1) is 36.7. The zero-order valence-corrected chi connectivity index (χ0v) is 42.1. The van der Waals surface area contributed by atoms with Gasteiger partial charge in [-0.2, -0.15) is 0 Å². The van der Waals surface area contributed by atoms with Crippen molar-refractivity contribution < 1.29 is 19.7 Å². The van der Waals surface area contributed by atoms with Crippen molar-refractivity contribution in [3.63, 3.8) is 0 Å². The van der Waals surface area contributed by atoms with Crippen LogP contribution in [-0.2, 0) is 39.9 Å². The van der Waals surface area contributed by atoms with Gasteiger partial charge in [0.25, 0.3) is 0 Å². The zero-order chi connectivity index (χ0) is 49.7. The van der Waals surface area contributed by atoms with Gasteiger partial charge in [0.15, 0.2) is 5.79 Å². The monoisotopic (exact) mass is 970 g/mol. The average molecular weight is 971 g/mol. The van der Waals surface area contributed by atoms with Crippen molar-refractivity contribution in [2.24, 2.45) is 0 Å². The molecule has 0 spiro atoms. The van der Waals surface area contributed by atoms with Gasteiger partial charge < -0.3 is 19.7 Å². The quantitative estimate of drug-likeness (QED) is 0.174. The van der Waals surface area contributed by atoms with Gasteiger partial charge in [0, 0.05) is 5.92 Å². The van der Waals surface area contributed by atoms with Crippen LogP contribution in [0.5, 0.6) is 0 Å². The highest BCUT2D eigenvalue weighted by Gasteiger charge is 2.63. The molecular weight excluding hydrogens is 917 g/mol. The van der Waals surface area contributed by atoms with E-state index in [4.69, 9.17) is 9.47 Å². The van der Waals surface area contributed by atoms with E-state index in [1.54, 1.807) is 0 Å². The van der Waals surface area contributed by atoms with Gasteiger partial charge in [0.1, 0.15) is 23.4 Å². The van der Waals surface area contributed by atoms with Crippen LogP contribution in [-0.4, -0.2) is 28.2 Å². The normalized spacial score (nSPS) is 22.2. The van der Waals surface area contributed by atoms with Crippen LogP contribution in [0.3, 0.4) is 0 Å². The Labute approximate surface area is 436 Å². The molecule has 0 aromatic heterocycles. The highest BCUT2D eigenvalue weighted by Crippen LogP contribution is 2.59. The summed E-state index contributed by atoms with van der Waals surface area (Å²) in [7, 11) is 0. The molecule has 17 rings (SSSR count). The summed E-state index contributed by atoms with van der Waals surface area (Å²) in [6, 6.07) is 35.4. The second kappa shape index (κ2) is 14.9. The van der Waals surface area contributed by atoms with Gasteiger partial charge in [-0.15, -0.1) is 0 Å². The number of hydrogen-bond donors (Lipinski definition) is 2. The van der Waals surface area contributed by atoms with E-state index in [1.807, 2.05) is 13.8 Å². The first-order valence-corrected chi connectivity index (χ1v) is 27.3. The second-order valence-electron chi connectivity index (χ2n) is 23.1. The van der Waals surface area contributed by atoms with Gasteiger partial charge in [-0.05, 0) is 232 Å². The number of benzene rings is 8. The van der Waals surface area contributed by atoms with E-state index in [-0.39, 0.29) is 5.92 Å². The molecule has 8 aromatic carbocycles. The molecule has 1 saturated heterocycles. The summed E-state index contributed by atoms with van der Waals surface area (Å²) in [6.07, 6.45) is 33.5. The SMILES string of the molecule is CC1(C)O[C@@H](C(O)(c2cc3c4c5c(cccc25)CC=C4CC=C3)c2cc3c4c5c(cccc25)CC=C4CC=C3)[C@H](C(O)(c2cc3c4c5c(cccc25)CC=C4CC=C3)c2cc3c4c5c(cccc25)C=CC4CC=C3)O1. The van der Waals surface area contributed by atoms with Gasteiger partial charge >= 0.3 is 0 Å². The molecule has 0 bridgehead atoms. The Kier molecular flexibility index (Phi) is 8.52. The Morgan fingerprint density at radius 2 is 0.840 bits per heavy atom. The number of rotatable bonds is 6. The van der Waals surface area contributed by atoms with Crippen LogP contribution in [0.2, 0.25) is 0 Å². The molecule has 1 heterocycles. The molecule has 0 amide bonds. The highest BCUT2D eigenvalue weighted by atomic mass is 16.8. The van der Waals surface area contributed by atoms with Gasteiger partial charge in [-0.3, -0.25) is 0 Å². The molecular formula is C71H54O4. The maximum atomic E-state index is 15.6. The van der Waals surface area contributed by atoms with E-state index in [0.717, 1.165) is 122 Å². The van der Waals surface area contributed by atoms with Crippen molar-refractivity contribution in [1.82, 2.24) is 0 Å². The molecule has 8 aromatic rings. The standard InChI is InChI=1S/C71H54O4/c1-69(2)74-67(70(72,55-35-47-19-3-11-39-27-31-43-15-7-23-51(55)63(43)59(39)47)56-36-48-20-4-12-40-28-32-44-16-8-24-52(56)64(44)60(40)48)68(75-69)71(73,57-37-49-21-5-13-41-29-33-45-17-9-25-53(57)65(45)61(41)49)58-38-50-22-6-14-42-30-34-46-18-10-26-54(58)66(46)62(42)50/h3-10,15-31,35-39,67-68,72-73H,11-14,32-34H2,1-2H3/t39?,67-,68-,70?/m1/s1. The Morgan fingerprint density at radius 3 is 1.29 bits per heavy atom. The molecule has 1 aliphatic heterocycles. The van der Waals surface area contributed by atoms with Crippen molar-refractivity contribution in [2.75, 3.05) is 0 Å². The van der Waals surface area contributed by atoms with E-state index in [1.165, 1.54) is 71.8 Å². The van der Waals surface area contributed by atoms with Crippen molar-refractivity contribution in [1.29, 1.82) is 0 Å². The fourth-order valence-electron chi connectivity index (χ4n) is 15.8. The number of aliphatic hydroxyl groups is 2. The van der Waals surface area contributed by atoms with E-state index < -0.39 is 29.2 Å². The molecule has 4 heteroatoms. The van der Waals surface area contributed by atoms with Gasteiger partial charge in [-0.1, -0.05) is 152 Å². The van der Waals surface area contributed by atoms with Crippen molar-refractivity contribution >= 4 is 90.2 Å². The predicted octanol–water partition coefficient (Wildman–Crippen LogP) is 15.6. The summed E-state index contributed by atoms with van der Waals surface area (Å²) >= 11 is 0. The molecule has 4 nitrogen and oxygen atoms in total. The van der Waals surface area contributed by atoms with Crippen LogP contribution in [0.15, 0.2) is 146 Å². The third-order valence-corrected chi connectivity index (χ3v) is 18.8. The lowest BCUT2D eigenvalue weighted by atomic mass is 9.65. The average Bonchev–Trinajstić information content (AvgIpc) is 3.85. The second-order valence-corrected chi connectivity index (χ2v) is 23.1. The maximum Gasteiger partial charge on any atom is 0.164 e. The smallest absolute Gasteiger partial charge is 0.164 e. The molecule has 8 aliphatic carbocycles. The summed E-state index contributed by atoms with van der Waals surface area (Å²) in [5.74, 6) is -1.04. The lowest BCUT2D eigenvalue weighted by Crippen LogP contribution is -2.55. The topological polar surface area (TPSA) is 58.9 Å². The lowest BCUT2D eigenvalue weighted by Gasteiger charge is -2.45. The molecule has 75 heavy (non-hydrogen) atoms. The minimum atomic E-state index is -1.94. The van der Waals surface area contributed by atoms with E-state index in [0.29, 0.717) is 0 Å². The Balaban J connectivity index is 1.03. The highest BCUT2D eigenvalue weighted by molar-refractivity contribution is 6.09. The summed E-state index contributed by atoms with van der Waals surface area (Å²) in [6.45, 7) is 3.92. The fraction of sp³-hybridized carbons (Fsp3) is 0.211. The van der Waals surface area contributed by atoms with Crippen LogP contribution in [0.25, 0.3) is 90.2 Å². The number of hydrogen-bond acceptors (Lipinski definition) is 4. The minimum Gasteiger partial charge on any atom is -0.377 e. The fourth-order valence-corrected chi connectivity index (χ4v) is 15.8. The van der Waals surface area contributed by atoms with Crippen LogP contribution in [0.4, 0.5) is 0 Å². The van der Waals surface area contributed by atoms with Crippen LogP contribution in [0, 0.1) is 0 Å². The predicted molar refractivity (Wildman–Crippen MR) is 307 cm³/mol. The van der Waals surface area contributed by atoms with E-state index in [2.05, 4.69) is 176 Å². The summed E-state index contributed by atoms with van der Waals surface area (Å²) in [4.78, 5) is 0. The molecule has 9 aliphatic rings. The van der Waals surface area contributed by atoms with E-state index >= 15 is 10.2 Å². The zero-order valence-electron chi connectivity index (χ0n) is 42.1. The van der Waals surface area contributed by atoms with Gasteiger partial charge in [0.2, 0.25) is 0 Å².